The van der Waals surface area contributed by atoms with Crippen LogP contribution in [0.15, 0.2) is 24.3 Å². The van der Waals surface area contributed by atoms with Crippen molar-refractivity contribution in [3.05, 3.63) is 35.4 Å². The van der Waals surface area contributed by atoms with Gasteiger partial charge in [-0.05, 0) is 16.5 Å². The van der Waals surface area contributed by atoms with Gasteiger partial charge in [-0.2, -0.15) is 0 Å². The molecule has 16 heavy (non-hydrogen) atoms. The Morgan fingerprint density at radius 3 is 1.81 bits per heavy atom. The summed E-state index contributed by atoms with van der Waals surface area (Å²) in [6.45, 7) is 7.09. The molecule has 0 saturated carbocycles. The third-order valence-corrected chi connectivity index (χ3v) is 2.46. The van der Waals surface area contributed by atoms with E-state index >= 15 is 0 Å². The molecule has 0 aromatic heterocycles. The van der Waals surface area contributed by atoms with Crippen molar-refractivity contribution in [2.45, 2.75) is 32.2 Å². The zero-order chi connectivity index (χ0) is 10.8. The summed E-state index contributed by atoms with van der Waals surface area (Å²) in [5.74, 6) is 0. The zero-order valence-corrected chi connectivity index (χ0v) is 11.7. The number of hydrogen-bond donors (Lipinski definition) is 2. The molecule has 0 aliphatic rings. The van der Waals surface area contributed by atoms with Crippen molar-refractivity contribution in [2.24, 2.45) is 11.5 Å². The molecule has 0 aliphatic carbocycles. The summed E-state index contributed by atoms with van der Waals surface area (Å²) in [7, 11) is 0. The van der Waals surface area contributed by atoms with Crippen molar-refractivity contribution < 1.29 is 0 Å². The highest BCUT2D eigenvalue weighted by Crippen LogP contribution is 2.23. The molecule has 0 amide bonds. The maximum atomic E-state index is 5.83. The molecule has 0 heterocycles. The molecule has 1 aromatic rings. The highest BCUT2D eigenvalue weighted by molar-refractivity contribution is 5.85. The summed E-state index contributed by atoms with van der Waals surface area (Å²) in [5.41, 5.74) is 14.0. The first-order chi connectivity index (χ1) is 6.45. The Kier molecular flexibility index (Phi) is 8.06. The first-order valence-corrected chi connectivity index (χ1v) is 5.01. The van der Waals surface area contributed by atoms with Gasteiger partial charge in [0, 0.05) is 12.6 Å². The lowest BCUT2D eigenvalue weighted by atomic mass is 9.86. The lowest BCUT2D eigenvalue weighted by Gasteiger charge is -2.20. The molecule has 1 rings (SSSR count). The van der Waals surface area contributed by atoms with Crippen LogP contribution in [0, 0.1) is 0 Å². The molecule has 0 radical (unpaired) electrons. The molecular formula is C12H22Cl2N2. The molecule has 4 heteroatoms. The maximum absolute atomic E-state index is 5.83. The quantitative estimate of drug-likeness (QED) is 0.863. The Bertz CT molecular complexity index is 291. The summed E-state index contributed by atoms with van der Waals surface area (Å²) in [6.07, 6.45) is 0. The van der Waals surface area contributed by atoms with Crippen molar-refractivity contribution in [2.75, 3.05) is 6.54 Å². The van der Waals surface area contributed by atoms with Crippen LogP contribution in [0.3, 0.4) is 0 Å². The Labute approximate surface area is 111 Å². The average molecular weight is 265 g/mol. The molecular weight excluding hydrogens is 243 g/mol. The van der Waals surface area contributed by atoms with Crippen molar-refractivity contribution in [1.82, 2.24) is 0 Å². The number of benzene rings is 1. The summed E-state index contributed by atoms with van der Waals surface area (Å²) in [6, 6.07) is 8.36. The molecule has 0 spiro atoms. The summed E-state index contributed by atoms with van der Waals surface area (Å²) >= 11 is 0. The van der Waals surface area contributed by atoms with Crippen molar-refractivity contribution in [3.8, 4) is 0 Å². The highest BCUT2D eigenvalue weighted by Gasteiger charge is 2.13. The van der Waals surface area contributed by atoms with Gasteiger partial charge in [-0.15, -0.1) is 24.8 Å². The van der Waals surface area contributed by atoms with E-state index in [4.69, 9.17) is 11.5 Å². The Hall–Kier alpha value is -0.280. The topological polar surface area (TPSA) is 52.0 Å². The minimum Gasteiger partial charge on any atom is -0.329 e. The molecule has 0 aliphatic heterocycles. The Morgan fingerprint density at radius 2 is 1.50 bits per heavy atom. The van der Waals surface area contributed by atoms with E-state index in [1.165, 1.54) is 5.56 Å². The normalized spacial score (nSPS) is 12.3. The van der Waals surface area contributed by atoms with E-state index in [-0.39, 0.29) is 36.3 Å². The number of halogens is 2. The van der Waals surface area contributed by atoms with E-state index in [0.717, 1.165) is 5.56 Å². The lowest BCUT2D eigenvalue weighted by molar-refractivity contribution is 0.589. The van der Waals surface area contributed by atoms with Crippen LogP contribution in [0.5, 0.6) is 0 Å². The zero-order valence-electron chi connectivity index (χ0n) is 10.1. The van der Waals surface area contributed by atoms with Crippen molar-refractivity contribution >= 4 is 24.8 Å². The molecule has 0 fully saturated rings. The van der Waals surface area contributed by atoms with Gasteiger partial charge in [0.1, 0.15) is 0 Å². The molecule has 94 valence electrons. The Morgan fingerprint density at radius 1 is 1.06 bits per heavy atom. The molecule has 1 aromatic carbocycles. The number of rotatable bonds is 2. The van der Waals surface area contributed by atoms with Crippen LogP contribution in [0.4, 0.5) is 0 Å². The highest BCUT2D eigenvalue weighted by atomic mass is 35.5. The van der Waals surface area contributed by atoms with Crippen molar-refractivity contribution in [3.63, 3.8) is 0 Å². The number of hydrogen-bond acceptors (Lipinski definition) is 2. The fraction of sp³-hybridized carbons (Fsp3) is 0.500. The molecule has 4 N–H and O–H groups in total. The van der Waals surface area contributed by atoms with Crippen LogP contribution < -0.4 is 11.5 Å². The minimum absolute atomic E-state index is 0. The summed E-state index contributed by atoms with van der Waals surface area (Å²) < 4.78 is 0. The van der Waals surface area contributed by atoms with E-state index in [0.29, 0.717) is 6.54 Å². The van der Waals surface area contributed by atoms with Gasteiger partial charge in [-0.3, -0.25) is 0 Å². The SMILES string of the molecule is CC(C)(C)c1ccc([C@H](N)CN)cc1.Cl.Cl. The van der Waals surface area contributed by atoms with Crippen LogP contribution >= 0.6 is 24.8 Å². The number of nitrogens with two attached hydrogens (primary N) is 2. The monoisotopic (exact) mass is 264 g/mol. The second-order valence-corrected chi connectivity index (χ2v) is 4.71. The van der Waals surface area contributed by atoms with Crippen LogP contribution in [0.2, 0.25) is 0 Å². The predicted octanol–water partition coefficient (Wildman–Crippen LogP) is 2.79. The van der Waals surface area contributed by atoms with Crippen LogP contribution in [-0.2, 0) is 5.41 Å². The summed E-state index contributed by atoms with van der Waals surface area (Å²) in [4.78, 5) is 0. The fourth-order valence-electron chi connectivity index (χ4n) is 1.37. The van der Waals surface area contributed by atoms with Gasteiger partial charge in [0.25, 0.3) is 0 Å². The third-order valence-electron chi connectivity index (χ3n) is 2.46. The maximum Gasteiger partial charge on any atom is 0.0419 e. The second kappa shape index (κ2) is 7.13. The standard InChI is InChI=1S/C12H20N2.2ClH/c1-12(2,3)10-6-4-9(5-7-10)11(14)8-13;;/h4-7,11H,8,13-14H2,1-3H3;2*1H/t11-;;/m1../s1. The first kappa shape index (κ1) is 18.1. The third kappa shape index (κ3) is 4.71. The van der Waals surface area contributed by atoms with Crippen LogP contribution in [0.1, 0.15) is 37.9 Å². The largest absolute Gasteiger partial charge is 0.329 e. The molecule has 0 saturated heterocycles. The minimum atomic E-state index is -0.0379. The van der Waals surface area contributed by atoms with Gasteiger partial charge in [0.15, 0.2) is 0 Å². The Balaban J connectivity index is 0. The van der Waals surface area contributed by atoms with Gasteiger partial charge >= 0.3 is 0 Å². The molecule has 1 atom stereocenters. The van der Waals surface area contributed by atoms with E-state index in [1.54, 1.807) is 0 Å². The van der Waals surface area contributed by atoms with E-state index in [2.05, 4.69) is 45.0 Å². The van der Waals surface area contributed by atoms with E-state index in [9.17, 15) is 0 Å². The lowest BCUT2D eigenvalue weighted by Crippen LogP contribution is -2.21. The van der Waals surface area contributed by atoms with E-state index in [1.807, 2.05) is 0 Å². The summed E-state index contributed by atoms with van der Waals surface area (Å²) in [5, 5.41) is 0. The van der Waals surface area contributed by atoms with Gasteiger partial charge in [-0.1, -0.05) is 45.0 Å². The molecule has 0 bridgehead atoms. The van der Waals surface area contributed by atoms with Gasteiger partial charge < -0.3 is 11.5 Å². The second-order valence-electron chi connectivity index (χ2n) is 4.71. The van der Waals surface area contributed by atoms with Crippen molar-refractivity contribution in [1.29, 1.82) is 0 Å². The van der Waals surface area contributed by atoms with Gasteiger partial charge in [0.05, 0.1) is 0 Å². The van der Waals surface area contributed by atoms with Crippen LogP contribution in [-0.4, -0.2) is 6.54 Å². The first-order valence-electron chi connectivity index (χ1n) is 5.01. The van der Waals surface area contributed by atoms with Gasteiger partial charge in [0.2, 0.25) is 0 Å². The molecule has 2 nitrogen and oxygen atoms in total. The predicted molar refractivity (Wildman–Crippen MR) is 75.6 cm³/mol. The van der Waals surface area contributed by atoms with Gasteiger partial charge in [-0.25, -0.2) is 0 Å². The van der Waals surface area contributed by atoms with E-state index < -0.39 is 0 Å². The fourth-order valence-corrected chi connectivity index (χ4v) is 1.37. The van der Waals surface area contributed by atoms with Crippen LogP contribution in [0.25, 0.3) is 0 Å². The average Bonchev–Trinajstić information content (AvgIpc) is 2.15. The molecule has 0 unspecified atom stereocenters. The smallest absolute Gasteiger partial charge is 0.0419 e.